The number of aryl methyl sites for hydroxylation is 1. The van der Waals surface area contributed by atoms with Gasteiger partial charge < -0.3 is 10.6 Å². The van der Waals surface area contributed by atoms with Gasteiger partial charge in [0, 0.05) is 22.8 Å². The maximum atomic E-state index is 13.6. The van der Waals surface area contributed by atoms with E-state index in [0.29, 0.717) is 10.6 Å². The second kappa shape index (κ2) is 6.59. The molecule has 0 radical (unpaired) electrons. The smallest absolute Gasteiger partial charge is 0.256 e. The maximum Gasteiger partial charge on any atom is 0.256 e. The fraction of sp³-hybridized carbons (Fsp3) is 0.188. The number of hydrogen-bond acceptors (Lipinski definition) is 2. The number of carbonyl (C=O) groups is 1. The molecule has 0 aliphatic rings. The van der Waals surface area contributed by atoms with E-state index >= 15 is 0 Å². The van der Waals surface area contributed by atoms with Crippen LogP contribution in [0, 0.1) is 12.7 Å². The molecule has 0 aliphatic heterocycles. The molecule has 0 saturated carbocycles. The Bertz CT molecular complexity index is 673. The van der Waals surface area contributed by atoms with Crippen molar-refractivity contribution in [2.75, 3.05) is 17.2 Å². The van der Waals surface area contributed by atoms with E-state index < -0.39 is 5.82 Å². The van der Waals surface area contributed by atoms with Gasteiger partial charge in [-0.05, 0) is 55.8 Å². The highest BCUT2D eigenvalue weighted by atomic mass is 35.5. The standard InChI is InChI=1S/C16H16ClFN2O/c1-3-19-12-5-6-13(10(2)8-12)16(21)20-15-9-11(17)4-7-14(15)18/h4-9,19H,3H2,1-2H3,(H,20,21). The largest absolute Gasteiger partial charge is 0.385 e. The molecule has 0 aromatic heterocycles. The van der Waals surface area contributed by atoms with Gasteiger partial charge in [0.2, 0.25) is 0 Å². The van der Waals surface area contributed by atoms with E-state index in [9.17, 15) is 9.18 Å². The second-order valence-corrected chi connectivity index (χ2v) is 5.07. The van der Waals surface area contributed by atoms with Gasteiger partial charge in [-0.15, -0.1) is 0 Å². The van der Waals surface area contributed by atoms with Crippen LogP contribution in [0.5, 0.6) is 0 Å². The van der Waals surface area contributed by atoms with E-state index in [2.05, 4.69) is 10.6 Å². The molecule has 21 heavy (non-hydrogen) atoms. The maximum absolute atomic E-state index is 13.6. The lowest BCUT2D eigenvalue weighted by Gasteiger charge is -2.11. The minimum Gasteiger partial charge on any atom is -0.385 e. The number of hydrogen-bond donors (Lipinski definition) is 2. The van der Waals surface area contributed by atoms with Crippen LogP contribution in [-0.4, -0.2) is 12.5 Å². The lowest BCUT2D eigenvalue weighted by Crippen LogP contribution is -2.14. The number of carbonyl (C=O) groups excluding carboxylic acids is 1. The second-order valence-electron chi connectivity index (χ2n) is 4.64. The van der Waals surface area contributed by atoms with Crippen molar-refractivity contribution in [1.82, 2.24) is 0 Å². The summed E-state index contributed by atoms with van der Waals surface area (Å²) in [5.41, 5.74) is 2.33. The zero-order valence-electron chi connectivity index (χ0n) is 11.8. The van der Waals surface area contributed by atoms with E-state index in [4.69, 9.17) is 11.6 Å². The Morgan fingerprint density at radius 1 is 1.24 bits per heavy atom. The highest BCUT2D eigenvalue weighted by Gasteiger charge is 2.12. The SMILES string of the molecule is CCNc1ccc(C(=O)Nc2cc(Cl)ccc2F)c(C)c1. The van der Waals surface area contributed by atoms with Crippen LogP contribution in [0.1, 0.15) is 22.8 Å². The normalized spacial score (nSPS) is 10.3. The lowest BCUT2D eigenvalue weighted by molar-refractivity contribution is 0.102. The summed E-state index contributed by atoms with van der Waals surface area (Å²) in [6, 6.07) is 9.46. The van der Waals surface area contributed by atoms with Gasteiger partial charge in [-0.2, -0.15) is 0 Å². The van der Waals surface area contributed by atoms with Crippen molar-refractivity contribution in [3.05, 3.63) is 58.4 Å². The Balaban J connectivity index is 2.22. The zero-order chi connectivity index (χ0) is 15.4. The molecule has 0 aliphatic carbocycles. The Morgan fingerprint density at radius 3 is 2.67 bits per heavy atom. The first-order valence-corrected chi connectivity index (χ1v) is 7.00. The third-order valence-corrected chi connectivity index (χ3v) is 3.26. The average molecular weight is 307 g/mol. The van der Waals surface area contributed by atoms with E-state index in [1.54, 1.807) is 6.07 Å². The van der Waals surface area contributed by atoms with Crippen LogP contribution >= 0.6 is 11.6 Å². The molecule has 5 heteroatoms. The molecule has 1 amide bonds. The van der Waals surface area contributed by atoms with Crippen molar-refractivity contribution in [3.8, 4) is 0 Å². The summed E-state index contributed by atoms with van der Waals surface area (Å²) in [7, 11) is 0. The van der Waals surface area contributed by atoms with Crippen LogP contribution in [0.3, 0.4) is 0 Å². The van der Waals surface area contributed by atoms with Crippen molar-refractivity contribution >= 4 is 28.9 Å². The molecule has 3 nitrogen and oxygen atoms in total. The van der Waals surface area contributed by atoms with E-state index in [-0.39, 0.29) is 11.6 Å². The Labute approximate surface area is 128 Å². The van der Waals surface area contributed by atoms with Gasteiger partial charge in [0.25, 0.3) is 5.91 Å². The molecule has 0 spiro atoms. The van der Waals surface area contributed by atoms with Crippen LogP contribution in [0.15, 0.2) is 36.4 Å². The van der Waals surface area contributed by atoms with Crippen LogP contribution in [0.4, 0.5) is 15.8 Å². The predicted molar refractivity (Wildman–Crippen MR) is 84.7 cm³/mol. The highest BCUT2D eigenvalue weighted by molar-refractivity contribution is 6.31. The topological polar surface area (TPSA) is 41.1 Å². The first-order chi connectivity index (χ1) is 10.0. The molecular formula is C16H16ClFN2O. The van der Waals surface area contributed by atoms with Crippen LogP contribution < -0.4 is 10.6 Å². The summed E-state index contributed by atoms with van der Waals surface area (Å²) in [5, 5.41) is 6.08. The third-order valence-electron chi connectivity index (χ3n) is 3.03. The summed E-state index contributed by atoms with van der Waals surface area (Å²) in [5.74, 6) is -0.883. The van der Waals surface area contributed by atoms with Gasteiger partial charge in [0.15, 0.2) is 0 Å². The number of anilines is 2. The van der Waals surface area contributed by atoms with Crippen molar-refractivity contribution in [1.29, 1.82) is 0 Å². The van der Waals surface area contributed by atoms with Crippen LogP contribution in [0.25, 0.3) is 0 Å². The van der Waals surface area contributed by atoms with Gasteiger partial charge in [0.1, 0.15) is 5.82 Å². The Hall–Kier alpha value is -2.07. The van der Waals surface area contributed by atoms with E-state index in [0.717, 1.165) is 17.8 Å². The summed E-state index contributed by atoms with van der Waals surface area (Å²) in [6.07, 6.45) is 0. The quantitative estimate of drug-likeness (QED) is 0.875. The molecule has 0 saturated heterocycles. The monoisotopic (exact) mass is 306 g/mol. The molecular weight excluding hydrogens is 291 g/mol. The molecule has 110 valence electrons. The molecule has 0 heterocycles. The summed E-state index contributed by atoms with van der Waals surface area (Å²) in [6.45, 7) is 4.64. The minimum absolute atomic E-state index is 0.0719. The first kappa shape index (κ1) is 15.3. The van der Waals surface area contributed by atoms with Gasteiger partial charge in [-0.3, -0.25) is 4.79 Å². The number of amides is 1. The first-order valence-electron chi connectivity index (χ1n) is 6.62. The van der Waals surface area contributed by atoms with Gasteiger partial charge in [0.05, 0.1) is 5.69 Å². The van der Waals surface area contributed by atoms with E-state index in [1.807, 2.05) is 26.0 Å². The Kier molecular flexibility index (Phi) is 4.81. The summed E-state index contributed by atoms with van der Waals surface area (Å²) >= 11 is 5.81. The van der Waals surface area contributed by atoms with Crippen molar-refractivity contribution < 1.29 is 9.18 Å². The van der Waals surface area contributed by atoms with Crippen molar-refractivity contribution in [2.24, 2.45) is 0 Å². The highest BCUT2D eigenvalue weighted by Crippen LogP contribution is 2.21. The van der Waals surface area contributed by atoms with E-state index in [1.165, 1.54) is 18.2 Å². The van der Waals surface area contributed by atoms with Gasteiger partial charge in [-0.1, -0.05) is 11.6 Å². The summed E-state index contributed by atoms with van der Waals surface area (Å²) in [4.78, 5) is 12.2. The molecule has 2 aromatic rings. The average Bonchev–Trinajstić information content (AvgIpc) is 2.43. The molecule has 0 bridgehead atoms. The third kappa shape index (κ3) is 3.73. The van der Waals surface area contributed by atoms with Crippen LogP contribution in [0.2, 0.25) is 5.02 Å². The minimum atomic E-state index is -0.519. The molecule has 0 unspecified atom stereocenters. The number of rotatable bonds is 4. The number of benzene rings is 2. The molecule has 2 rings (SSSR count). The Morgan fingerprint density at radius 2 is 2.00 bits per heavy atom. The number of halogens is 2. The molecule has 0 fully saturated rings. The van der Waals surface area contributed by atoms with Gasteiger partial charge in [-0.25, -0.2) is 4.39 Å². The van der Waals surface area contributed by atoms with Crippen molar-refractivity contribution in [3.63, 3.8) is 0 Å². The molecule has 0 atom stereocenters. The fourth-order valence-electron chi connectivity index (χ4n) is 2.02. The molecule has 2 aromatic carbocycles. The predicted octanol–water partition coefficient (Wildman–Crippen LogP) is 4.47. The van der Waals surface area contributed by atoms with Crippen molar-refractivity contribution in [2.45, 2.75) is 13.8 Å². The lowest BCUT2D eigenvalue weighted by atomic mass is 10.1. The molecule has 2 N–H and O–H groups in total. The number of nitrogens with one attached hydrogen (secondary N) is 2. The summed E-state index contributed by atoms with van der Waals surface area (Å²) < 4.78 is 13.6. The van der Waals surface area contributed by atoms with Crippen LogP contribution in [-0.2, 0) is 0 Å². The van der Waals surface area contributed by atoms with Gasteiger partial charge >= 0.3 is 0 Å². The zero-order valence-corrected chi connectivity index (χ0v) is 12.6. The fourth-order valence-corrected chi connectivity index (χ4v) is 2.19.